The van der Waals surface area contributed by atoms with Gasteiger partial charge in [0.1, 0.15) is 18.0 Å². The molecule has 0 N–H and O–H groups in total. The predicted molar refractivity (Wildman–Crippen MR) is 127 cm³/mol. The van der Waals surface area contributed by atoms with E-state index in [0.717, 1.165) is 5.69 Å². The Morgan fingerprint density at radius 2 is 1.88 bits per heavy atom. The first kappa shape index (κ1) is 21.7. The van der Waals surface area contributed by atoms with Crippen LogP contribution in [0.5, 0.6) is 5.75 Å². The van der Waals surface area contributed by atoms with Crippen LogP contribution in [0.4, 0.5) is 10.5 Å². The second kappa shape index (κ2) is 8.68. The molecule has 172 valence electrons. The summed E-state index contributed by atoms with van der Waals surface area (Å²) in [6, 6.07) is 15.8. The van der Waals surface area contributed by atoms with Crippen molar-refractivity contribution in [2.75, 3.05) is 25.2 Å². The molecule has 0 saturated carbocycles. The van der Waals surface area contributed by atoms with Gasteiger partial charge < -0.3 is 9.47 Å². The smallest absolute Gasteiger partial charge is 0.414 e. The first-order valence-corrected chi connectivity index (χ1v) is 10.9. The van der Waals surface area contributed by atoms with Gasteiger partial charge in [0.2, 0.25) is 5.43 Å². The standard InChI is InChI=1S/C24H20ClN5O4/c1-15-12-20(30(26-15)18-5-3-4-16(25)13-18)23-21(31)8-9-29(27-23)19-7-6-17(14-22(19)33-2)28-10-11-34-24(28)32/h3-9,12-14H,10-11H2,1-2H3. The van der Waals surface area contributed by atoms with E-state index in [4.69, 9.17) is 21.1 Å². The first-order valence-electron chi connectivity index (χ1n) is 10.5. The minimum Gasteiger partial charge on any atom is -0.494 e. The number of anilines is 1. The Labute approximate surface area is 199 Å². The summed E-state index contributed by atoms with van der Waals surface area (Å²) in [5, 5.41) is 9.70. The Hall–Kier alpha value is -4.11. The molecule has 2 aromatic heterocycles. The van der Waals surface area contributed by atoms with E-state index in [0.29, 0.717) is 46.7 Å². The molecule has 5 rings (SSSR count). The van der Waals surface area contributed by atoms with E-state index in [1.165, 1.54) is 18.1 Å². The molecular formula is C24H20ClN5O4. The molecule has 1 saturated heterocycles. The second-order valence-corrected chi connectivity index (χ2v) is 8.09. The minimum absolute atomic E-state index is 0.220. The van der Waals surface area contributed by atoms with Crippen LogP contribution in [0.15, 0.2) is 65.6 Å². The van der Waals surface area contributed by atoms with Gasteiger partial charge in [-0.2, -0.15) is 10.2 Å². The zero-order valence-corrected chi connectivity index (χ0v) is 19.2. The highest BCUT2D eigenvalue weighted by atomic mass is 35.5. The number of ether oxygens (including phenoxy) is 2. The van der Waals surface area contributed by atoms with Gasteiger partial charge >= 0.3 is 6.09 Å². The number of methoxy groups -OCH3 is 1. The fourth-order valence-corrected chi connectivity index (χ4v) is 4.03. The van der Waals surface area contributed by atoms with E-state index in [-0.39, 0.29) is 11.1 Å². The molecule has 0 aliphatic carbocycles. The molecule has 1 aliphatic heterocycles. The Bertz CT molecular complexity index is 1460. The number of halogens is 1. The number of aromatic nitrogens is 4. The van der Waals surface area contributed by atoms with E-state index < -0.39 is 6.09 Å². The van der Waals surface area contributed by atoms with Gasteiger partial charge in [0.15, 0.2) is 5.69 Å². The molecule has 9 nitrogen and oxygen atoms in total. The fraction of sp³-hybridized carbons (Fsp3) is 0.167. The summed E-state index contributed by atoms with van der Waals surface area (Å²) in [5.41, 5.74) is 3.20. The molecule has 1 amide bonds. The number of benzene rings is 2. The van der Waals surface area contributed by atoms with Crippen molar-refractivity contribution in [2.45, 2.75) is 6.92 Å². The summed E-state index contributed by atoms with van der Waals surface area (Å²) in [4.78, 5) is 26.3. The predicted octanol–water partition coefficient (Wildman–Crippen LogP) is 4.01. The third-order valence-electron chi connectivity index (χ3n) is 5.42. The van der Waals surface area contributed by atoms with Crippen LogP contribution in [0, 0.1) is 6.92 Å². The maximum atomic E-state index is 12.8. The molecule has 3 heterocycles. The summed E-state index contributed by atoms with van der Waals surface area (Å²) >= 11 is 6.17. The Kier molecular flexibility index (Phi) is 5.54. The van der Waals surface area contributed by atoms with Gasteiger partial charge in [-0.05, 0) is 43.3 Å². The summed E-state index contributed by atoms with van der Waals surface area (Å²) in [5.74, 6) is 0.485. The van der Waals surface area contributed by atoms with Gasteiger partial charge in [0.05, 0.1) is 36.4 Å². The fourth-order valence-electron chi connectivity index (χ4n) is 3.84. The first-order chi connectivity index (χ1) is 16.4. The van der Waals surface area contributed by atoms with Crippen molar-refractivity contribution in [3.63, 3.8) is 0 Å². The van der Waals surface area contributed by atoms with Crippen molar-refractivity contribution in [1.82, 2.24) is 19.6 Å². The van der Waals surface area contributed by atoms with Crippen molar-refractivity contribution in [2.24, 2.45) is 0 Å². The largest absolute Gasteiger partial charge is 0.494 e. The molecule has 0 unspecified atom stereocenters. The van der Waals surface area contributed by atoms with E-state index in [1.54, 1.807) is 52.0 Å². The summed E-state index contributed by atoms with van der Waals surface area (Å²) in [7, 11) is 1.53. The topological polar surface area (TPSA) is 91.5 Å². The van der Waals surface area contributed by atoms with Gasteiger partial charge in [-0.15, -0.1) is 0 Å². The molecule has 34 heavy (non-hydrogen) atoms. The molecule has 1 fully saturated rings. The van der Waals surface area contributed by atoms with Crippen molar-refractivity contribution < 1.29 is 14.3 Å². The third-order valence-corrected chi connectivity index (χ3v) is 5.65. The Morgan fingerprint density at radius 3 is 2.62 bits per heavy atom. The van der Waals surface area contributed by atoms with Crippen LogP contribution < -0.4 is 15.1 Å². The van der Waals surface area contributed by atoms with Crippen LogP contribution >= 0.6 is 11.6 Å². The molecule has 0 atom stereocenters. The highest BCUT2D eigenvalue weighted by molar-refractivity contribution is 6.30. The summed E-state index contributed by atoms with van der Waals surface area (Å²) < 4.78 is 13.8. The van der Waals surface area contributed by atoms with E-state index in [9.17, 15) is 9.59 Å². The Balaban J connectivity index is 1.60. The SMILES string of the molecule is COc1cc(N2CCOC2=O)ccc1-n1ccc(=O)c(-c2cc(C)nn2-c2cccc(Cl)c2)n1. The number of nitrogens with zero attached hydrogens (tertiary/aromatic N) is 5. The van der Waals surface area contributed by atoms with E-state index in [2.05, 4.69) is 10.2 Å². The van der Waals surface area contributed by atoms with Gasteiger partial charge in [-0.25, -0.2) is 14.2 Å². The number of amides is 1. The molecule has 0 spiro atoms. The number of hydrogen-bond donors (Lipinski definition) is 0. The van der Waals surface area contributed by atoms with E-state index >= 15 is 0 Å². The number of carbonyl (C=O) groups excluding carboxylic acids is 1. The maximum absolute atomic E-state index is 12.8. The maximum Gasteiger partial charge on any atom is 0.414 e. The van der Waals surface area contributed by atoms with Crippen molar-refractivity contribution in [3.05, 3.63) is 81.7 Å². The summed E-state index contributed by atoms with van der Waals surface area (Å²) in [6.07, 6.45) is 1.17. The van der Waals surface area contributed by atoms with Crippen molar-refractivity contribution in [1.29, 1.82) is 0 Å². The summed E-state index contributed by atoms with van der Waals surface area (Å²) in [6.45, 7) is 2.65. The molecular weight excluding hydrogens is 458 g/mol. The molecule has 10 heteroatoms. The number of aryl methyl sites for hydroxylation is 1. The lowest BCUT2D eigenvalue weighted by molar-refractivity contribution is 0.181. The Morgan fingerprint density at radius 1 is 1.03 bits per heavy atom. The number of hydrogen-bond acceptors (Lipinski definition) is 6. The van der Waals surface area contributed by atoms with Crippen LogP contribution in [0.25, 0.3) is 22.8 Å². The average Bonchev–Trinajstić information content (AvgIpc) is 3.44. The van der Waals surface area contributed by atoms with Gasteiger partial charge in [0, 0.05) is 23.4 Å². The zero-order valence-electron chi connectivity index (χ0n) is 18.4. The van der Waals surface area contributed by atoms with Crippen LogP contribution in [-0.2, 0) is 4.74 Å². The number of carbonyl (C=O) groups is 1. The lowest BCUT2D eigenvalue weighted by Crippen LogP contribution is -2.23. The molecule has 4 aromatic rings. The third kappa shape index (κ3) is 3.90. The van der Waals surface area contributed by atoms with Crippen LogP contribution in [0.2, 0.25) is 5.02 Å². The lowest BCUT2D eigenvalue weighted by Gasteiger charge is -2.17. The van der Waals surface area contributed by atoms with Crippen LogP contribution in [-0.4, -0.2) is 45.9 Å². The average molecular weight is 478 g/mol. The van der Waals surface area contributed by atoms with Crippen molar-refractivity contribution >= 4 is 23.4 Å². The minimum atomic E-state index is -0.400. The second-order valence-electron chi connectivity index (χ2n) is 7.66. The van der Waals surface area contributed by atoms with Gasteiger partial charge in [-0.1, -0.05) is 17.7 Å². The monoisotopic (exact) mass is 477 g/mol. The highest BCUT2D eigenvalue weighted by Crippen LogP contribution is 2.30. The molecule has 0 radical (unpaired) electrons. The number of cyclic esters (lactones) is 1. The van der Waals surface area contributed by atoms with Gasteiger partial charge in [-0.3, -0.25) is 9.69 Å². The van der Waals surface area contributed by atoms with Crippen LogP contribution in [0.3, 0.4) is 0 Å². The quantitative estimate of drug-likeness (QED) is 0.431. The normalized spacial score (nSPS) is 13.3. The molecule has 1 aliphatic rings. The lowest BCUT2D eigenvalue weighted by atomic mass is 10.2. The van der Waals surface area contributed by atoms with Crippen molar-refractivity contribution in [3.8, 4) is 28.5 Å². The molecule has 0 bridgehead atoms. The van der Waals surface area contributed by atoms with E-state index in [1.807, 2.05) is 19.1 Å². The number of rotatable bonds is 5. The van der Waals surface area contributed by atoms with Crippen LogP contribution in [0.1, 0.15) is 5.69 Å². The highest BCUT2D eigenvalue weighted by Gasteiger charge is 2.25. The van der Waals surface area contributed by atoms with Gasteiger partial charge in [0.25, 0.3) is 0 Å². The zero-order chi connectivity index (χ0) is 23.8. The molecule has 2 aromatic carbocycles.